The minimum atomic E-state index is -1.47. The van der Waals surface area contributed by atoms with Crippen molar-refractivity contribution in [2.75, 3.05) is 19.7 Å². The van der Waals surface area contributed by atoms with Crippen molar-refractivity contribution in [1.29, 1.82) is 0 Å². The Bertz CT molecular complexity index is 1070. The summed E-state index contributed by atoms with van der Waals surface area (Å²) in [7, 11) is 0. The average Bonchev–Trinajstić information content (AvgIpc) is 3.44. The van der Waals surface area contributed by atoms with Crippen LogP contribution in [0.1, 0.15) is 31.9 Å². The lowest BCUT2D eigenvalue weighted by Gasteiger charge is -2.48. The Morgan fingerprint density at radius 1 is 0.978 bits per heavy atom. The van der Waals surface area contributed by atoms with Gasteiger partial charge in [-0.25, -0.2) is 0 Å². The molecule has 1 amide bonds. The first kappa shape index (κ1) is 35.9. The van der Waals surface area contributed by atoms with Crippen molar-refractivity contribution >= 4 is 5.91 Å². The lowest BCUT2D eigenvalue weighted by molar-refractivity contribution is -0.316. The Morgan fingerprint density at radius 3 is 2.31 bits per heavy atom. The molecule has 1 aromatic rings. The Kier molecular flexibility index (Phi) is 13.0. The molecule has 0 spiro atoms. The number of hydrogen-bond acceptors (Lipinski definition) is 17. The minimum Gasteiger partial charge on any atom is -0.390 e. The molecule has 1 saturated carbocycles. The van der Waals surface area contributed by atoms with E-state index in [1.54, 1.807) is 10.9 Å². The van der Waals surface area contributed by atoms with Crippen molar-refractivity contribution in [2.24, 2.45) is 28.7 Å². The second-order valence-electron chi connectivity index (χ2n) is 11.9. The molecule has 19 nitrogen and oxygen atoms in total. The summed E-state index contributed by atoms with van der Waals surface area (Å²) in [5.41, 5.74) is 31.0. The third-order valence-corrected chi connectivity index (χ3v) is 8.29. The molecule has 1 aromatic heterocycles. The van der Waals surface area contributed by atoms with E-state index < -0.39 is 85.6 Å². The lowest BCUT2D eigenvalue weighted by atomic mass is 9.84. The number of hydrogen-bond donors (Lipinski definition) is 10. The number of aryl methyl sites for hydroxylation is 1. The molecule has 45 heavy (non-hydrogen) atoms. The zero-order valence-electron chi connectivity index (χ0n) is 25.3. The van der Waals surface area contributed by atoms with Crippen LogP contribution in [0.4, 0.5) is 0 Å². The van der Waals surface area contributed by atoms with Crippen molar-refractivity contribution < 1.29 is 48.9 Å². The average molecular weight is 648 g/mol. The molecule has 2 saturated heterocycles. The van der Waals surface area contributed by atoms with Crippen LogP contribution in [0.25, 0.3) is 0 Å². The topological polar surface area (TPSA) is 317 Å². The highest BCUT2D eigenvalue weighted by atomic mass is 16.7. The van der Waals surface area contributed by atoms with Gasteiger partial charge in [0.15, 0.2) is 12.6 Å². The van der Waals surface area contributed by atoms with Gasteiger partial charge in [-0.05, 0) is 19.3 Å². The van der Waals surface area contributed by atoms with Crippen molar-refractivity contribution in [2.45, 2.75) is 125 Å². The highest BCUT2D eigenvalue weighted by Crippen LogP contribution is 2.31. The van der Waals surface area contributed by atoms with Gasteiger partial charge in [0.1, 0.15) is 42.3 Å². The summed E-state index contributed by atoms with van der Waals surface area (Å²) >= 11 is 0. The Balaban J connectivity index is 1.32. The molecule has 19 heteroatoms. The lowest BCUT2D eigenvalue weighted by Crippen LogP contribution is -2.68. The van der Waals surface area contributed by atoms with E-state index in [-0.39, 0.29) is 38.5 Å². The number of aliphatic hydroxyl groups excluding tert-OH is 4. The van der Waals surface area contributed by atoms with Crippen molar-refractivity contribution in [1.82, 2.24) is 20.3 Å². The summed E-state index contributed by atoms with van der Waals surface area (Å²) in [5.74, 6) is -0.103. The number of aromatic nitrogens is 3. The molecule has 0 unspecified atom stereocenters. The molecule has 1 aliphatic carbocycles. The molecule has 3 heterocycles. The number of amides is 1. The first-order chi connectivity index (χ1) is 21.4. The number of carbonyl (C=O) groups is 1. The van der Waals surface area contributed by atoms with Gasteiger partial charge in [0.25, 0.3) is 0 Å². The van der Waals surface area contributed by atoms with E-state index in [2.05, 4.69) is 15.6 Å². The number of ether oxygens (including phenoxy) is 5. The van der Waals surface area contributed by atoms with Crippen LogP contribution in [0.15, 0.2) is 6.20 Å². The molecular weight excluding hydrogens is 598 g/mol. The number of nitrogens with two attached hydrogens (primary N) is 5. The molecule has 2 aliphatic heterocycles. The predicted octanol–water partition coefficient (Wildman–Crippen LogP) is -5.95. The van der Waals surface area contributed by atoms with Gasteiger partial charge >= 0.3 is 0 Å². The van der Waals surface area contributed by atoms with Gasteiger partial charge in [-0.15, -0.1) is 5.10 Å². The van der Waals surface area contributed by atoms with E-state index in [4.69, 9.17) is 52.4 Å². The van der Waals surface area contributed by atoms with Gasteiger partial charge in [0.2, 0.25) is 5.91 Å². The summed E-state index contributed by atoms with van der Waals surface area (Å²) in [5, 5.41) is 53.6. The van der Waals surface area contributed by atoms with Gasteiger partial charge in [-0.3, -0.25) is 9.48 Å². The third kappa shape index (κ3) is 9.11. The fourth-order valence-electron chi connectivity index (χ4n) is 5.71. The van der Waals surface area contributed by atoms with Crippen molar-refractivity contribution in [3.05, 3.63) is 11.9 Å². The number of aliphatic hydroxyl groups is 4. The largest absolute Gasteiger partial charge is 0.390 e. The molecule has 0 bridgehead atoms. The van der Waals surface area contributed by atoms with E-state index in [1.807, 2.05) is 0 Å². The van der Waals surface area contributed by atoms with Gasteiger partial charge in [0.05, 0.1) is 43.7 Å². The maximum Gasteiger partial charge on any atom is 0.216 e. The van der Waals surface area contributed by atoms with Crippen LogP contribution in [0.3, 0.4) is 0 Å². The second-order valence-corrected chi connectivity index (χ2v) is 11.9. The van der Waals surface area contributed by atoms with Crippen LogP contribution in [-0.2, 0) is 41.6 Å². The van der Waals surface area contributed by atoms with Crippen LogP contribution < -0.4 is 34.0 Å². The van der Waals surface area contributed by atoms with E-state index in [1.165, 1.54) is 6.92 Å². The zero-order chi connectivity index (χ0) is 32.8. The highest BCUT2D eigenvalue weighted by Gasteiger charge is 2.50. The summed E-state index contributed by atoms with van der Waals surface area (Å²) in [6.07, 6.45) is -8.53. The maximum absolute atomic E-state index is 11.3. The van der Waals surface area contributed by atoms with Gasteiger partial charge in [0, 0.05) is 38.6 Å². The third-order valence-electron chi connectivity index (χ3n) is 8.29. The maximum atomic E-state index is 11.3. The number of nitrogens with one attached hydrogen (secondary N) is 1. The smallest absolute Gasteiger partial charge is 0.216 e. The zero-order valence-corrected chi connectivity index (χ0v) is 25.3. The molecule has 14 atom stereocenters. The van der Waals surface area contributed by atoms with E-state index in [9.17, 15) is 25.2 Å². The van der Waals surface area contributed by atoms with E-state index in [0.29, 0.717) is 25.2 Å². The Hall–Kier alpha value is -1.95. The van der Waals surface area contributed by atoms with Crippen LogP contribution in [0.5, 0.6) is 0 Å². The molecule has 15 N–H and O–H groups in total. The van der Waals surface area contributed by atoms with Crippen LogP contribution in [0, 0.1) is 0 Å². The fraction of sp³-hybridized carbons (Fsp3) is 0.885. The Morgan fingerprint density at radius 2 is 1.64 bits per heavy atom. The molecule has 3 fully saturated rings. The monoisotopic (exact) mass is 647 g/mol. The minimum absolute atomic E-state index is 0.0404. The van der Waals surface area contributed by atoms with Crippen LogP contribution in [-0.4, -0.2) is 147 Å². The van der Waals surface area contributed by atoms with Crippen LogP contribution >= 0.6 is 0 Å². The molecule has 258 valence electrons. The van der Waals surface area contributed by atoms with E-state index in [0.717, 1.165) is 0 Å². The van der Waals surface area contributed by atoms with Crippen LogP contribution in [0.2, 0.25) is 0 Å². The summed E-state index contributed by atoms with van der Waals surface area (Å²) < 4.78 is 30.9. The van der Waals surface area contributed by atoms with Crippen molar-refractivity contribution in [3.63, 3.8) is 0 Å². The first-order valence-electron chi connectivity index (χ1n) is 15.2. The first-order valence-corrected chi connectivity index (χ1v) is 15.2. The van der Waals surface area contributed by atoms with Gasteiger partial charge in [-0.1, -0.05) is 5.21 Å². The summed E-state index contributed by atoms with van der Waals surface area (Å²) in [6.45, 7) is 2.48. The Labute approximate surface area is 260 Å². The summed E-state index contributed by atoms with van der Waals surface area (Å²) in [4.78, 5) is 11.0. The number of nitrogens with zero attached hydrogens (tertiary/aromatic N) is 3. The predicted molar refractivity (Wildman–Crippen MR) is 154 cm³/mol. The van der Waals surface area contributed by atoms with E-state index >= 15 is 0 Å². The molecule has 0 aromatic carbocycles. The molecule has 0 radical (unpaired) electrons. The second kappa shape index (κ2) is 16.2. The summed E-state index contributed by atoms with van der Waals surface area (Å²) in [6, 6.07) is -3.36. The number of rotatable bonds is 13. The quantitative estimate of drug-likeness (QED) is 0.0891. The molecule has 3 aliphatic rings. The standard InChI is InChI=1S/C26H49N9O10/c1-11(36)32-3-2-4-35-8-12(33-34-35)9-41-10-18-20(38)19(31)21(39)26(43-18)45-24-14(29)5-13(28)23(22(24)40)44-25-15(30)6-16(37)17(7-27)42-25/h8,13-26,37-40H,2-7,9-10,27-31H2,1H3,(H,32,36)/t13-,14+,15+,16-,17+,18+,19-,20+,21+,22-,23+,24-,25+,26+/m0/s1. The normalized spacial score (nSPS) is 40.8. The van der Waals surface area contributed by atoms with Crippen molar-refractivity contribution in [3.8, 4) is 0 Å². The number of carbonyl (C=O) groups excluding carboxylic acids is 1. The van der Waals surface area contributed by atoms with Gasteiger partial charge < -0.3 is 78.1 Å². The molecule has 4 rings (SSSR count). The fourth-order valence-corrected chi connectivity index (χ4v) is 5.71. The SMILES string of the molecule is CC(=O)NCCCn1cc(COC[C@H]2O[C@H](O[C@@H]3[C@@H](O)[C@H](O[C@H]4O[C@H](CN)[C@@H](O)C[C@H]4N)[C@@H](N)C[C@H]3N)[C@H](O)[C@@H](N)[C@@H]2O)nn1. The highest BCUT2D eigenvalue weighted by molar-refractivity contribution is 5.72. The van der Waals surface area contributed by atoms with Gasteiger partial charge in [-0.2, -0.15) is 0 Å². The molecular formula is C26H49N9O10.